The van der Waals surface area contributed by atoms with Gasteiger partial charge >= 0.3 is 5.97 Å². The zero-order chi connectivity index (χ0) is 14.7. The summed E-state index contributed by atoms with van der Waals surface area (Å²) in [5.41, 5.74) is -0.456. The van der Waals surface area contributed by atoms with E-state index < -0.39 is 17.6 Å². The average molecular weight is 284 g/mol. The number of ether oxygens (including phenoxy) is 1. The number of rotatable bonds is 3. The summed E-state index contributed by atoms with van der Waals surface area (Å²) in [6.07, 6.45) is 0.377. The van der Waals surface area contributed by atoms with Crippen LogP contribution in [0.25, 0.3) is 0 Å². The number of aliphatic hydroxyl groups is 3. The molecule has 3 aliphatic rings. The van der Waals surface area contributed by atoms with Gasteiger partial charge in [0.1, 0.15) is 6.10 Å². The van der Waals surface area contributed by atoms with E-state index in [9.17, 15) is 20.1 Å². The van der Waals surface area contributed by atoms with Crippen molar-refractivity contribution in [3.05, 3.63) is 0 Å². The standard InChI is InChI=1S/C15H24O5/c1-7(5-16)10-11-9-4-3-8(6-17)15(9,2)13(18)12(10)20-14(11)19/h7-13,16-18H,3-6H2,1-2H3/t7-,8-,9-,10-,11-,12-,13+,15-/m0/s1. The Labute approximate surface area is 118 Å². The third-order valence-corrected chi connectivity index (χ3v) is 6.37. The molecule has 0 amide bonds. The van der Waals surface area contributed by atoms with E-state index in [1.165, 1.54) is 0 Å². The van der Waals surface area contributed by atoms with Crippen LogP contribution < -0.4 is 0 Å². The molecule has 0 aromatic rings. The van der Waals surface area contributed by atoms with E-state index in [1.54, 1.807) is 0 Å². The minimum Gasteiger partial charge on any atom is -0.459 e. The highest BCUT2D eigenvalue weighted by Crippen LogP contribution is 2.62. The molecule has 1 saturated heterocycles. The lowest BCUT2D eigenvalue weighted by atomic mass is 9.55. The van der Waals surface area contributed by atoms with Crippen molar-refractivity contribution < 1.29 is 24.9 Å². The van der Waals surface area contributed by atoms with Gasteiger partial charge in [-0.2, -0.15) is 0 Å². The fourth-order valence-corrected chi connectivity index (χ4v) is 5.13. The first-order chi connectivity index (χ1) is 9.46. The Bertz CT molecular complexity index is 411. The summed E-state index contributed by atoms with van der Waals surface area (Å²) in [7, 11) is 0. The van der Waals surface area contributed by atoms with Gasteiger partial charge in [-0.15, -0.1) is 0 Å². The molecule has 8 atom stereocenters. The number of hydrogen-bond donors (Lipinski definition) is 3. The molecule has 0 aromatic heterocycles. The summed E-state index contributed by atoms with van der Waals surface area (Å²) in [4.78, 5) is 12.2. The first kappa shape index (κ1) is 14.3. The Morgan fingerprint density at radius 1 is 1.40 bits per heavy atom. The Kier molecular flexibility index (Phi) is 3.35. The fourth-order valence-electron chi connectivity index (χ4n) is 5.13. The molecule has 2 saturated carbocycles. The first-order valence-electron chi connectivity index (χ1n) is 7.57. The molecule has 3 N–H and O–H groups in total. The van der Waals surface area contributed by atoms with Crippen LogP contribution in [0.5, 0.6) is 0 Å². The summed E-state index contributed by atoms with van der Waals surface area (Å²) in [5, 5.41) is 29.8. The van der Waals surface area contributed by atoms with Crippen molar-refractivity contribution in [3.8, 4) is 0 Å². The van der Waals surface area contributed by atoms with E-state index in [4.69, 9.17) is 4.74 Å². The van der Waals surface area contributed by atoms with Crippen molar-refractivity contribution >= 4 is 5.97 Å². The Hall–Kier alpha value is -0.650. The van der Waals surface area contributed by atoms with Crippen LogP contribution in [0.1, 0.15) is 26.7 Å². The van der Waals surface area contributed by atoms with Crippen LogP contribution in [0.15, 0.2) is 0 Å². The number of esters is 1. The van der Waals surface area contributed by atoms with E-state index in [-0.39, 0.29) is 48.8 Å². The highest BCUT2D eigenvalue weighted by Gasteiger charge is 2.68. The molecular weight excluding hydrogens is 260 g/mol. The average Bonchev–Trinajstić information content (AvgIpc) is 2.92. The minimum atomic E-state index is -0.756. The molecule has 1 heterocycles. The monoisotopic (exact) mass is 284 g/mol. The molecule has 0 radical (unpaired) electrons. The maximum absolute atomic E-state index is 12.2. The minimum absolute atomic E-state index is 0.00606. The lowest BCUT2D eigenvalue weighted by Gasteiger charge is -2.49. The zero-order valence-electron chi connectivity index (χ0n) is 12.0. The van der Waals surface area contributed by atoms with Crippen LogP contribution >= 0.6 is 0 Å². The number of aliphatic hydroxyl groups excluding tert-OH is 3. The highest BCUT2D eigenvalue weighted by molar-refractivity contribution is 5.77. The summed E-state index contributed by atoms with van der Waals surface area (Å²) in [6, 6.07) is 0. The lowest BCUT2D eigenvalue weighted by molar-refractivity contribution is -0.153. The third kappa shape index (κ3) is 1.57. The van der Waals surface area contributed by atoms with E-state index in [0.29, 0.717) is 0 Å². The van der Waals surface area contributed by atoms with E-state index in [1.807, 2.05) is 13.8 Å². The van der Waals surface area contributed by atoms with Gasteiger partial charge in [0.25, 0.3) is 0 Å². The largest absolute Gasteiger partial charge is 0.459 e. The maximum Gasteiger partial charge on any atom is 0.310 e. The number of hydrogen-bond acceptors (Lipinski definition) is 5. The Balaban J connectivity index is 2.02. The third-order valence-electron chi connectivity index (χ3n) is 6.37. The van der Waals surface area contributed by atoms with Crippen LogP contribution in [0, 0.1) is 35.0 Å². The number of carbonyl (C=O) groups is 1. The number of fused-ring (bicyclic) bond motifs is 4. The predicted molar refractivity (Wildman–Crippen MR) is 70.5 cm³/mol. The summed E-state index contributed by atoms with van der Waals surface area (Å²) < 4.78 is 5.45. The van der Waals surface area contributed by atoms with Crippen molar-refractivity contribution in [2.24, 2.45) is 35.0 Å². The molecule has 5 nitrogen and oxygen atoms in total. The zero-order valence-corrected chi connectivity index (χ0v) is 12.0. The van der Waals surface area contributed by atoms with Gasteiger partial charge in [-0.05, 0) is 30.6 Å². The van der Waals surface area contributed by atoms with Gasteiger partial charge < -0.3 is 20.1 Å². The quantitative estimate of drug-likeness (QED) is 0.643. The van der Waals surface area contributed by atoms with Gasteiger partial charge in [0.05, 0.1) is 12.0 Å². The SMILES string of the molecule is C[C@@H](CO)[C@@H]1[C@@H]2OC(=O)[C@H]1[C@@H]1CC[C@@H](CO)[C@]1(C)[C@@H]2O. The van der Waals surface area contributed by atoms with Gasteiger partial charge in [-0.1, -0.05) is 13.8 Å². The molecule has 20 heavy (non-hydrogen) atoms. The molecule has 1 aliphatic heterocycles. The second-order valence-electron chi connectivity index (χ2n) is 7.04. The first-order valence-corrected chi connectivity index (χ1v) is 7.57. The van der Waals surface area contributed by atoms with E-state index >= 15 is 0 Å². The van der Waals surface area contributed by atoms with Gasteiger partial charge in [-0.25, -0.2) is 0 Å². The second kappa shape index (κ2) is 4.68. The van der Waals surface area contributed by atoms with Crippen molar-refractivity contribution in [3.63, 3.8) is 0 Å². The lowest BCUT2D eigenvalue weighted by Crippen LogP contribution is -2.57. The maximum atomic E-state index is 12.2. The second-order valence-corrected chi connectivity index (χ2v) is 7.04. The molecule has 3 fully saturated rings. The van der Waals surface area contributed by atoms with Crippen LogP contribution in [-0.2, 0) is 9.53 Å². The summed E-state index contributed by atoms with van der Waals surface area (Å²) >= 11 is 0. The van der Waals surface area contributed by atoms with Crippen LogP contribution in [0.3, 0.4) is 0 Å². The molecule has 3 rings (SSSR count). The van der Waals surface area contributed by atoms with E-state index in [0.717, 1.165) is 12.8 Å². The van der Waals surface area contributed by atoms with Crippen molar-refractivity contribution in [2.75, 3.05) is 13.2 Å². The van der Waals surface area contributed by atoms with Gasteiger partial charge in [0, 0.05) is 24.5 Å². The highest BCUT2D eigenvalue weighted by atomic mass is 16.6. The molecule has 2 aliphatic carbocycles. The molecular formula is C15H24O5. The smallest absolute Gasteiger partial charge is 0.310 e. The van der Waals surface area contributed by atoms with Crippen molar-refractivity contribution in [1.29, 1.82) is 0 Å². The van der Waals surface area contributed by atoms with Crippen LogP contribution in [-0.4, -0.2) is 46.7 Å². The van der Waals surface area contributed by atoms with Gasteiger partial charge in [0.2, 0.25) is 0 Å². The Morgan fingerprint density at radius 3 is 2.70 bits per heavy atom. The van der Waals surface area contributed by atoms with Crippen molar-refractivity contribution in [1.82, 2.24) is 0 Å². The molecule has 114 valence electrons. The molecule has 0 spiro atoms. The molecule has 0 unspecified atom stereocenters. The molecule has 5 heteroatoms. The Morgan fingerprint density at radius 2 is 2.10 bits per heavy atom. The van der Waals surface area contributed by atoms with Gasteiger partial charge in [-0.3, -0.25) is 4.79 Å². The summed E-state index contributed by atoms with van der Waals surface area (Å²) in [6.45, 7) is 3.92. The van der Waals surface area contributed by atoms with Crippen LogP contribution in [0.4, 0.5) is 0 Å². The predicted octanol–water partition coefficient (Wildman–Crippen LogP) is 0.172. The van der Waals surface area contributed by atoms with Crippen LogP contribution in [0.2, 0.25) is 0 Å². The normalized spacial score (nSPS) is 51.8. The van der Waals surface area contributed by atoms with E-state index in [2.05, 4.69) is 0 Å². The molecule has 2 bridgehead atoms. The fraction of sp³-hybridized carbons (Fsp3) is 0.933. The molecule has 0 aromatic carbocycles. The number of carbonyl (C=O) groups excluding carboxylic acids is 1. The topological polar surface area (TPSA) is 87.0 Å². The van der Waals surface area contributed by atoms with Gasteiger partial charge in [0.15, 0.2) is 0 Å². The summed E-state index contributed by atoms with van der Waals surface area (Å²) in [5.74, 6) is -0.590. The van der Waals surface area contributed by atoms with Crippen molar-refractivity contribution in [2.45, 2.75) is 38.9 Å².